The number of amides is 3. The van der Waals surface area contributed by atoms with E-state index in [1.54, 1.807) is 24.0 Å². The van der Waals surface area contributed by atoms with Crippen LogP contribution >= 0.6 is 0 Å². The van der Waals surface area contributed by atoms with Crippen LogP contribution in [0.15, 0.2) is 42.5 Å². The molecule has 2 aromatic carbocycles. The standard InChI is InChI=1S/C22H25N3O4/c1-28-18-8-7-17-14-23(10-9-16(17)13-18)21(26)15-24-11-12-25(22(24)27)19-5-3-4-6-20(19)29-2/h3-8,13H,9-12,14-15H2,1-2H3. The van der Waals surface area contributed by atoms with Gasteiger partial charge in [0, 0.05) is 26.2 Å². The zero-order valence-corrected chi connectivity index (χ0v) is 16.8. The van der Waals surface area contributed by atoms with Crippen LogP contribution in [0.3, 0.4) is 0 Å². The Morgan fingerprint density at radius 1 is 1.00 bits per heavy atom. The number of hydrogen-bond donors (Lipinski definition) is 0. The van der Waals surface area contributed by atoms with E-state index in [1.165, 1.54) is 5.56 Å². The van der Waals surface area contributed by atoms with Crippen molar-refractivity contribution in [1.29, 1.82) is 0 Å². The Kier molecular flexibility index (Phi) is 5.29. The third-order valence-corrected chi connectivity index (χ3v) is 5.58. The maximum Gasteiger partial charge on any atom is 0.325 e. The maximum atomic E-state index is 12.9. The molecule has 7 heteroatoms. The van der Waals surface area contributed by atoms with Crippen molar-refractivity contribution in [1.82, 2.24) is 9.80 Å². The highest BCUT2D eigenvalue weighted by atomic mass is 16.5. The molecule has 4 rings (SSSR count). The number of benzene rings is 2. The van der Waals surface area contributed by atoms with E-state index in [1.807, 2.05) is 47.4 Å². The van der Waals surface area contributed by atoms with Crippen LogP contribution in [0.2, 0.25) is 0 Å². The SMILES string of the molecule is COc1ccc2c(c1)CCN(C(=O)CN1CCN(c3ccccc3OC)C1=O)C2. The lowest BCUT2D eigenvalue weighted by Crippen LogP contribution is -2.44. The summed E-state index contributed by atoms with van der Waals surface area (Å²) in [6.07, 6.45) is 0.791. The predicted molar refractivity (Wildman–Crippen MR) is 109 cm³/mol. The smallest absolute Gasteiger partial charge is 0.325 e. The van der Waals surface area contributed by atoms with E-state index in [2.05, 4.69) is 0 Å². The summed E-state index contributed by atoms with van der Waals surface area (Å²) in [5.74, 6) is 1.46. The number of urea groups is 1. The molecule has 0 unspecified atom stereocenters. The molecule has 2 heterocycles. The van der Waals surface area contributed by atoms with Crippen molar-refractivity contribution in [2.45, 2.75) is 13.0 Å². The number of nitrogens with zero attached hydrogens (tertiary/aromatic N) is 3. The third kappa shape index (κ3) is 3.72. The summed E-state index contributed by atoms with van der Waals surface area (Å²) in [6, 6.07) is 13.2. The summed E-state index contributed by atoms with van der Waals surface area (Å²) in [5.41, 5.74) is 3.08. The molecule has 152 valence electrons. The molecule has 1 saturated heterocycles. The molecule has 2 aliphatic heterocycles. The van der Waals surface area contributed by atoms with Gasteiger partial charge in [-0.25, -0.2) is 4.79 Å². The first-order chi connectivity index (χ1) is 14.1. The molecule has 0 bridgehead atoms. The molecule has 0 radical (unpaired) electrons. The predicted octanol–water partition coefficient (Wildman–Crippen LogP) is 2.53. The first-order valence-electron chi connectivity index (χ1n) is 9.73. The number of carbonyl (C=O) groups excluding carboxylic acids is 2. The van der Waals surface area contributed by atoms with Gasteiger partial charge in [-0.3, -0.25) is 9.69 Å². The van der Waals surface area contributed by atoms with Gasteiger partial charge in [-0.15, -0.1) is 0 Å². The minimum atomic E-state index is -0.162. The van der Waals surface area contributed by atoms with Crippen molar-refractivity contribution < 1.29 is 19.1 Å². The molecule has 0 saturated carbocycles. The maximum absolute atomic E-state index is 12.9. The molecule has 2 aliphatic rings. The van der Waals surface area contributed by atoms with E-state index >= 15 is 0 Å². The highest BCUT2D eigenvalue weighted by Crippen LogP contribution is 2.30. The summed E-state index contributed by atoms with van der Waals surface area (Å²) in [6.45, 7) is 2.36. The van der Waals surface area contributed by atoms with E-state index in [0.717, 1.165) is 23.4 Å². The Balaban J connectivity index is 1.41. The summed E-state index contributed by atoms with van der Waals surface area (Å²) >= 11 is 0. The van der Waals surface area contributed by atoms with Gasteiger partial charge < -0.3 is 19.3 Å². The highest BCUT2D eigenvalue weighted by Gasteiger charge is 2.33. The zero-order chi connectivity index (χ0) is 20.4. The van der Waals surface area contributed by atoms with Crippen LogP contribution in [0.5, 0.6) is 11.5 Å². The van der Waals surface area contributed by atoms with E-state index < -0.39 is 0 Å². The molecule has 7 nitrogen and oxygen atoms in total. The van der Waals surface area contributed by atoms with Gasteiger partial charge >= 0.3 is 6.03 Å². The molecule has 0 spiro atoms. The van der Waals surface area contributed by atoms with Gasteiger partial charge in [-0.2, -0.15) is 0 Å². The highest BCUT2D eigenvalue weighted by molar-refractivity contribution is 5.97. The van der Waals surface area contributed by atoms with Gasteiger partial charge in [0.25, 0.3) is 0 Å². The molecular weight excluding hydrogens is 370 g/mol. The van der Waals surface area contributed by atoms with Crippen LogP contribution in [0.1, 0.15) is 11.1 Å². The summed E-state index contributed by atoms with van der Waals surface area (Å²) in [7, 11) is 3.24. The molecule has 0 aliphatic carbocycles. The molecule has 2 aromatic rings. The molecular formula is C22H25N3O4. The van der Waals surface area contributed by atoms with Crippen molar-refractivity contribution in [3.63, 3.8) is 0 Å². The molecule has 29 heavy (non-hydrogen) atoms. The number of methoxy groups -OCH3 is 2. The Morgan fingerprint density at radius 3 is 2.62 bits per heavy atom. The lowest BCUT2D eigenvalue weighted by Gasteiger charge is -2.30. The van der Waals surface area contributed by atoms with Gasteiger partial charge in [-0.1, -0.05) is 18.2 Å². The van der Waals surface area contributed by atoms with Crippen molar-refractivity contribution >= 4 is 17.6 Å². The molecule has 0 aromatic heterocycles. The molecule has 1 fully saturated rings. The second-order valence-corrected chi connectivity index (χ2v) is 7.23. The molecule has 3 amide bonds. The zero-order valence-electron chi connectivity index (χ0n) is 16.8. The van der Waals surface area contributed by atoms with E-state index in [9.17, 15) is 9.59 Å². The van der Waals surface area contributed by atoms with Crippen molar-refractivity contribution in [3.05, 3.63) is 53.6 Å². The lowest BCUT2D eigenvalue weighted by molar-refractivity contribution is -0.132. The van der Waals surface area contributed by atoms with Gasteiger partial charge in [0.05, 0.1) is 19.9 Å². The first kappa shape index (κ1) is 19.1. The number of carbonyl (C=O) groups is 2. The van der Waals surface area contributed by atoms with Crippen LogP contribution in [0, 0.1) is 0 Å². The van der Waals surface area contributed by atoms with Crippen molar-refractivity contribution in [2.75, 3.05) is 45.3 Å². The second-order valence-electron chi connectivity index (χ2n) is 7.23. The summed E-state index contributed by atoms with van der Waals surface area (Å²) < 4.78 is 10.7. The largest absolute Gasteiger partial charge is 0.497 e. The fourth-order valence-corrected chi connectivity index (χ4v) is 3.94. The average Bonchev–Trinajstić information content (AvgIpc) is 3.12. The van der Waals surface area contributed by atoms with Crippen LogP contribution in [-0.2, 0) is 17.8 Å². The minimum absolute atomic E-state index is 0.0262. The Bertz CT molecular complexity index is 930. The number of anilines is 1. The van der Waals surface area contributed by atoms with Crippen LogP contribution in [-0.4, -0.2) is 62.1 Å². The summed E-state index contributed by atoms with van der Waals surface area (Å²) in [5, 5.41) is 0. The number of hydrogen-bond acceptors (Lipinski definition) is 4. The number of fused-ring (bicyclic) bond motifs is 1. The average molecular weight is 395 g/mol. The van der Waals surface area contributed by atoms with Gasteiger partial charge in [-0.05, 0) is 41.8 Å². The van der Waals surface area contributed by atoms with E-state index in [4.69, 9.17) is 9.47 Å². The monoisotopic (exact) mass is 395 g/mol. The van der Waals surface area contributed by atoms with Crippen LogP contribution in [0.4, 0.5) is 10.5 Å². The Hall–Kier alpha value is -3.22. The van der Waals surface area contributed by atoms with Gasteiger partial charge in [0.15, 0.2) is 0 Å². The van der Waals surface area contributed by atoms with Gasteiger partial charge in [0.2, 0.25) is 5.91 Å². The number of para-hydroxylation sites is 2. The number of ether oxygens (including phenoxy) is 2. The van der Waals surface area contributed by atoms with Gasteiger partial charge in [0.1, 0.15) is 18.0 Å². The van der Waals surface area contributed by atoms with Crippen LogP contribution in [0.25, 0.3) is 0 Å². The van der Waals surface area contributed by atoms with E-state index in [-0.39, 0.29) is 18.5 Å². The first-order valence-corrected chi connectivity index (χ1v) is 9.73. The lowest BCUT2D eigenvalue weighted by atomic mass is 9.99. The quantitative estimate of drug-likeness (QED) is 0.781. The third-order valence-electron chi connectivity index (χ3n) is 5.58. The number of rotatable bonds is 5. The normalized spacial score (nSPS) is 16.1. The van der Waals surface area contributed by atoms with E-state index in [0.29, 0.717) is 31.9 Å². The minimum Gasteiger partial charge on any atom is -0.497 e. The summed E-state index contributed by atoms with van der Waals surface area (Å²) in [4.78, 5) is 30.8. The van der Waals surface area contributed by atoms with Crippen LogP contribution < -0.4 is 14.4 Å². The Labute approximate surface area is 170 Å². The topological polar surface area (TPSA) is 62.3 Å². The van der Waals surface area contributed by atoms with Crippen molar-refractivity contribution in [2.24, 2.45) is 0 Å². The molecule has 0 N–H and O–H groups in total. The second kappa shape index (κ2) is 8.03. The fraction of sp³-hybridized carbons (Fsp3) is 0.364. The Morgan fingerprint density at radius 2 is 1.83 bits per heavy atom. The van der Waals surface area contributed by atoms with Crippen molar-refractivity contribution in [3.8, 4) is 11.5 Å². The molecule has 0 atom stereocenters. The fourth-order valence-electron chi connectivity index (χ4n) is 3.94.